The number of ether oxygens (including phenoxy) is 2. The van der Waals surface area contributed by atoms with E-state index in [-0.39, 0.29) is 12.1 Å². The second-order valence-electron chi connectivity index (χ2n) is 7.93. The summed E-state index contributed by atoms with van der Waals surface area (Å²) in [4.78, 5) is 27.8. The Kier molecular flexibility index (Phi) is 6.90. The highest BCUT2D eigenvalue weighted by atomic mass is 16.6. The van der Waals surface area contributed by atoms with Gasteiger partial charge >= 0.3 is 12.1 Å². The maximum Gasteiger partial charge on any atom is 0.410 e. The number of amides is 1. The van der Waals surface area contributed by atoms with E-state index < -0.39 is 5.60 Å². The second kappa shape index (κ2) is 8.70. The van der Waals surface area contributed by atoms with Crippen molar-refractivity contribution in [3.8, 4) is 0 Å². The lowest BCUT2D eigenvalue weighted by Gasteiger charge is -2.35. The molecule has 2 aliphatic rings. The van der Waals surface area contributed by atoms with Crippen molar-refractivity contribution < 1.29 is 19.1 Å². The fourth-order valence-corrected chi connectivity index (χ4v) is 3.21. The third-order valence-corrected chi connectivity index (χ3v) is 4.58. The van der Waals surface area contributed by atoms with Gasteiger partial charge in [0.15, 0.2) is 0 Å². The van der Waals surface area contributed by atoms with Gasteiger partial charge in [0.1, 0.15) is 5.60 Å². The van der Waals surface area contributed by atoms with Crippen LogP contribution < -0.4 is 0 Å². The highest BCUT2D eigenvalue weighted by Crippen LogP contribution is 2.23. The Morgan fingerprint density at radius 1 is 1.00 bits per heavy atom. The highest BCUT2D eigenvalue weighted by Gasteiger charge is 2.27. The van der Waals surface area contributed by atoms with Crippen LogP contribution in [0.25, 0.3) is 0 Å². The number of carbonyl (C=O) groups is 2. The first kappa shape index (κ1) is 19.0. The lowest BCUT2D eigenvalue weighted by Crippen LogP contribution is -2.51. The Morgan fingerprint density at radius 2 is 1.62 bits per heavy atom. The van der Waals surface area contributed by atoms with Gasteiger partial charge in [0.25, 0.3) is 0 Å². The zero-order chi connectivity index (χ0) is 17.6. The van der Waals surface area contributed by atoms with Crippen LogP contribution in [0, 0.1) is 5.92 Å². The van der Waals surface area contributed by atoms with Gasteiger partial charge in [-0.15, -0.1) is 0 Å². The summed E-state index contributed by atoms with van der Waals surface area (Å²) >= 11 is 0. The third kappa shape index (κ3) is 6.67. The van der Waals surface area contributed by atoms with E-state index in [0.29, 0.717) is 45.2 Å². The van der Waals surface area contributed by atoms with Crippen molar-refractivity contribution in [3.05, 3.63) is 0 Å². The Hall–Kier alpha value is -1.30. The Bertz CT molecular complexity index is 419. The molecule has 0 atom stereocenters. The molecule has 0 radical (unpaired) electrons. The molecule has 0 aromatic carbocycles. The van der Waals surface area contributed by atoms with E-state index >= 15 is 0 Å². The van der Waals surface area contributed by atoms with Crippen LogP contribution in [0.15, 0.2) is 0 Å². The van der Waals surface area contributed by atoms with Crippen molar-refractivity contribution in [3.63, 3.8) is 0 Å². The number of esters is 1. The zero-order valence-electron chi connectivity index (χ0n) is 15.4. The molecule has 138 valence electrons. The quantitative estimate of drug-likeness (QED) is 0.737. The minimum absolute atomic E-state index is 0.147. The van der Waals surface area contributed by atoms with Crippen molar-refractivity contribution in [1.82, 2.24) is 9.80 Å². The van der Waals surface area contributed by atoms with Crippen LogP contribution in [0.3, 0.4) is 0 Å². The number of rotatable bonds is 4. The summed E-state index contributed by atoms with van der Waals surface area (Å²) in [7, 11) is 0. The molecule has 1 saturated heterocycles. The number of nitrogens with zero attached hydrogens (tertiary/aromatic N) is 2. The monoisotopic (exact) mass is 340 g/mol. The number of hydrogen-bond acceptors (Lipinski definition) is 5. The van der Waals surface area contributed by atoms with Crippen molar-refractivity contribution in [2.45, 2.75) is 58.5 Å². The maximum atomic E-state index is 12.0. The molecular weight excluding hydrogens is 308 g/mol. The third-order valence-electron chi connectivity index (χ3n) is 4.58. The molecule has 2 fully saturated rings. The molecule has 1 aliphatic heterocycles. The molecule has 6 nitrogen and oxygen atoms in total. The smallest absolute Gasteiger partial charge is 0.410 e. The Labute approximate surface area is 145 Å². The predicted octanol–water partition coefficient (Wildman–Crippen LogP) is 2.66. The molecule has 0 N–H and O–H groups in total. The van der Waals surface area contributed by atoms with Crippen LogP contribution >= 0.6 is 0 Å². The molecule has 0 spiro atoms. The van der Waals surface area contributed by atoms with Crippen LogP contribution in [-0.2, 0) is 14.3 Å². The molecule has 1 heterocycles. The molecule has 0 aromatic rings. The molecule has 24 heavy (non-hydrogen) atoms. The fourth-order valence-electron chi connectivity index (χ4n) is 3.21. The van der Waals surface area contributed by atoms with E-state index in [2.05, 4.69) is 0 Å². The lowest BCUT2D eigenvalue weighted by atomic mass is 9.90. The average Bonchev–Trinajstić information content (AvgIpc) is 2.53. The van der Waals surface area contributed by atoms with Gasteiger partial charge in [-0.1, -0.05) is 19.3 Å². The largest absolute Gasteiger partial charge is 0.464 e. The van der Waals surface area contributed by atoms with Crippen LogP contribution in [0.1, 0.15) is 52.9 Å². The SMILES string of the molecule is CC(C)(C)OC(=O)N1CCN(CC(=O)OCC2CCCCC2)CC1. The molecule has 1 amide bonds. The fraction of sp³-hybridized carbons (Fsp3) is 0.889. The van der Waals surface area contributed by atoms with E-state index in [1.165, 1.54) is 32.1 Å². The summed E-state index contributed by atoms with van der Waals surface area (Å²) in [5, 5.41) is 0. The molecule has 1 aliphatic carbocycles. The summed E-state index contributed by atoms with van der Waals surface area (Å²) in [5.74, 6) is 0.401. The summed E-state index contributed by atoms with van der Waals surface area (Å²) in [5.41, 5.74) is -0.475. The van der Waals surface area contributed by atoms with Gasteiger partial charge in [-0.3, -0.25) is 9.69 Å². The van der Waals surface area contributed by atoms with E-state index in [0.717, 1.165) is 0 Å². The minimum Gasteiger partial charge on any atom is -0.464 e. The maximum absolute atomic E-state index is 12.0. The molecular formula is C18H32N2O4. The van der Waals surface area contributed by atoms with Gasteiger partial charge < -0.3 is 14.4 Å². The average molecular weight is 340 g/mol. The van der Waals surface area contributed by atoms with Gasteiger partial charge in [0, 0.05) is 26.2 Å². The molecule has 0 bridgehead atoms. The van der Waals surface area contributed by atoms with E-state index in [1.54, 1.807) is 4.90 Å². The van der Waals surface area contributed by atoms with Crippen molar-refractivity contribution >= 4 is 12.1 Å². The van der Waals surface area contributed by atoms with Crippen LogP contribution in [-0.4, -0.2) is 66.8 Å². The van der Waals surface area contributed by atoms with Crippen molar-refractivity contribution in [2.75, 3.05) is 39.3 Å². The van der Waals surface area contributed by atoms with Gasteiger partial charge in [-0.2, -0.15) is 0 Å². The van der Waals surface area contributed by atoms with Crippen molar-refractivity contribution in [1.29, 1.82) is 0 Å². The van der Waals surface area contributed by atoms with E-state index in [9.17, 15) is 9.59 Å². The topological polar surface area (TPSA) is 59.1 Å². The van der Waals surface area contributed by atoms with Crippen LogP contribution in [0.4, 0.5) is 4.79 Å². The molecule has 0 unspecified atom stereocenters. The Morgan fingerprint density at radius 3 is 2.21 bits per heavy atom. The van der Waals surface area contributed by atoms with Gasteiger partial charge in [0.05, 0.1) is 13.2 Å². The summed E-state index contributed by atoms with van der Waals surface area (Å²) in [6.45, 7) is 9.01. The first-order valence-electron chi connectivity index (χ1n) is 9.19. The molecule has 0 aromatic heterocycles. The minimum atomic E-state index is -0.475. The van der Waals surface area contributed by atoms with Crippen molar-refractivity contribution in [2.24, 2.45) is 5.92 Å². The first-order valence-corrected chi connectivity index (χ1v) is 9.19. The van der Waals surface area contributed by atoms with Crippen LogP contribution in [0.5, 0.6) is 0 Å². The highest BCUT2D eigenvalue weighted by molar-refractivity contribution is 5.72. The second-order valence-corrected chi connectivity index (χ2v) is 7.93. The molecule has 6 heteroatoms. The standard InChI is InChI=1S/C18H32N2O4/c1-18(2,3)24-17(22)20-11-9-19(10-12-20)13-16(21)23-14-15-7-5-4-6-8-15/h15H,4-14H2,1-3H3. The summed E-state index contributed by atoms with van der Waals surface area (Å²) in [6, 6.07) is 0. The van der Waals surface area contributed by atoms with Gasteiger partial charge in [-0.25, -0.2) is 4.79 Å². The zero-order valence-corrected chi connectivity index (χ0v) is 15.4. The lowest BCUT2D eigenvalue weighted by molar-refractivity contribution is -0.147. The summed E-state index contributed by atoms with van der Waals surface area (Å²) < 4.78 is 10.8. The van der Waals surface area contributed by atoms with E-state index in [4.69, 9.17) is 9.47 Å². The van der Waals surface area contributed by atoms with Gasteiger partial charge in [-0.05, 0) is 39.5 Å². The number of carbonyl (C=O) groups excluding carboxylic acids is 2. The van der Waals surface area contributed by atoms with E-state index in [1.807, 2.05) is 25.7 Å². The summed E-state index contributed by atoms with van der Waals surface area (Å²) in [6.07, 6.45) is 5.92. The number of piperazine rings is 1. The first-order chi connectivity index (χ1) is 11.3. The Balaban J connectivity index is 1.63. The van der Waals surface area contributed by atoms with Gasteiger partial charge in [0.2, 0.25) is 0 Å². The van der Waals surface area contributed by atoms with Crippen LogP contribution in [0.2, 0.25) is 0 Å². The molecule has 1 saturated carbocycles. The predicted molar refractivity (Wildman–Crippen MR) is 91.8 cm³/mol. The normalized spacial score (nSPS) is 20.7. The molecule has 2 rings (SSSR count). The number of hydrogen-bond donors (Lipinski definition) is 0.